The van der Waals surface area contributed by atoms with Crippen LogP contribution in [0.15, 0.2) is 18.2 Å². The molecule has 1 aromatic carbocycles. The van der Waals surface area contributed by atoms with Gasteiger partial charge < -0.3 is 10.0 Å². The van der Waals surface area contributed by atoms with Crippen molar-refractivity contribution in [3.63, 3.8) is 0 Å². The standard InChI is InChI=1S/C13H13Cl2NO3S/c1-2-10-16(9(6-20-10)13(18)19)12(17)7-4-3-5-8(14)11(7)15/h3-5,9-10H,2,6H2,1H3,(H,18,19). The molecular weight excluding hydrogens is 321 g/mol. The molecule has 1 amide bonds. The summed E-state index contributed by atoms with van der Waals surface area (Å²) in [4.78, 5) is 25.3. The van der Waals surface area contributed by atoms with Crippen molar-refractivity contribution in [2.45, 2.75) is 24.8 Å². The van der Waals surface area contributed by atoms with E-state index in [2.05, 4.69) is 0 Å². The van der Waals surface area contributed by atoms with Gasteiger partial charge in [0, 0.05) is 5.75 Å². The number of hydrogen-bond donors (Lipinski definition) is 1. The Morgan fingerprint density at radius 1 is 1.45 bits per heavy atom. The smallest absolute Gasteiger partial charge is 0.327 e. The van der Waals surface area contributed by atoms with Crippen LogP contribution in [0.1, 0.15) is 23.7 Å². The Balaban J connectivity index is 2.38. The van der Waals surface area contributed by atoms with Crippen molar-refractivity contribution in [1.82, 2.24) is 4.90 Å². The van der Waals surface area contributed by atoms with Gasteiger partial charge in [-0.1, -0.05) is 36.2 Å². The number of nitrogens with zero attached hydrogens (tertiary/aromatic N) is 1. The number of benzene rings is 1. The van der Waals surface area contributed by atoms with Crippen LogP contribution in [0.25, 0.3) is 0 Å². The summed E-state index contributed by atoms with van der Waals surface area (Å²) >= 11 is 13.4. The number of rotatable bonds is 3. The molecule has 0 radical (unpaired) electrons. The molecule has 0 aliphatic carbocycles. The number of carboxylic acid groups (broad SMARTS) is 1. The van der Waals surface area contributed by atoms with Gasteiger partial charge in [0.05, 0.1) is 21.0 Å². The Labute approximate surface area is 131 Å². The summed E-state index contributed by atoms with van der Waals surface area (Å²) in [7, 11) is 0. The van der Waals surface area contributed by atoms with Gasteiger partial charge in [-0.3, -0.25) is 4.79 Å². The van der Waals surface area contributed by atoms with E-state index in [4.69, 9.17) is 23.2 Å². The topological polar surface area (TPSA) is 57.6 Å². The SMILES string of the molecule is CCC1SCC(C(=O)O)N1C(=O)c1cccc(Cl)c1Cl. The van der Waals surface area contributed by atoms with E-state index in [1.165, 1.54) is 16.7 Å². The maximum absolute atomic E-state index is 12.6. The quantitative estimate of drug-likeness (QED) is 0.921. The summed E-state index contributed by atoms with van der Waals surface area (Å²) in [5, 5.41) is 9.54. The fourth-order valence-corrected chi connectivity index (χ4v) is 3.88. The summed E-state index contributed by atoms with van der Waals surface area (Å²) in [5.41, 5.74) is 0.242. The van der Waals surface area contributed by atoms with E-state index in [9.17, 15) is 14.7 Å². The molecule has 108 valence electrons. The molecule has 4 nitrogen and oxygen atoms in total. The Bertz CT molecular complexity index is 552. The zero-order valence-electron chi connectivity index (χ0n) is 10.7. The van der Waals surface area contributed by atoms with E-state index in [0.717, 1.165) is 0 Å². The van der Waals surface area contributed by atoms with Gasteiger partial charge >= 0.3 is 5.97 Å². The molecule has 1 fully saturated rings. The van der Waals surface area contributed by atoms with Crippen LogP contribution in [0.4, 0.5) is 0 Å². The lowest BCUT2D eigenvalue weighted by molar-refractivity contribution is -0.141. The molecule has 7 heteroatoms. The third-order valence-electron chi connectivity index (χ3n) is 3.14. The molecule has 0 spiro atoms. The summed E-state index contributed by atoms with van der Waals surface area (Å²) in [6.07, 6.45) is 0.679. The third kappa shape index (κ3) is 2.75. The van der Waals surface area contributed by atoms with Gasteiger partial charge in [0.25, 0.3) is 5.91 Å². The molecule has 1 N–H and O–H groups in total. The lowest BCUT2D eigenvalue weighted by Crippen LogP contribution is -2.45. The second-order valence-corrected chi connectivity index (χ2v) is 6.36. The van der Waals surface area contributed by atoms with Crippen molar-refractivity contribution in [3.8, 4) is 0 Å². The minimum Gasteiger partial charge on any atom is -0.480 e. The zero-order valence-corrected chi connectivity index (χ0v) is 13.0. The lowest BCUT2D eigenvalue weighted by atomic mass is 10.1. The van der Waals surface area contributed by atoms with Crippen LogP contribution in [-0.4, -0.2) is 39.1 Å². The molecule has 2 atom stereocenters. The van der Waals surface area contributed by atoms with Crippen LogP contribution in [0, 0.1) is 0 Å². The number of halogens is 2. The van der Waals surface area contributed by atoms with E-state index >= 15 is 0 Å². The third-order valence-corrected chi connectivity index (χ3v) is 5.42. The van der Waals surface area contributed by atoms with Crippen LogP contribution in [-0.2, 0) is 4.79 Å². The fourth-order valence-electron chi connectivity index (χ4n) is 2.15. The Hall–Kier alpha value is -0.910. The number of amides is 1. The summed E-state index contributed by atoms with van der Waals surface area (Å²) in [6, 6.07) is 3.95. The molecule has 0 bridgehead atoms. The highest BCUT2D eigenvalue weighted by Gasteiger charge is 2.41. The lowest BCUT2D eigenvalue weighted by Gasteiger charge is -2.27. The van der Waals surface area contributed by atoms with Gasteiger partial charge in [-0.05, 0) is 18.6 Å². The normalized spacial score (nSPS) is 22.1. The van der Waals surface area contributed by atoms with Gasteiger partial charge in [-0.2, -0.15) is 0 Å². The minimum absolute atomic E-state index is 0.154. The second-order valence-electron chi connectivity index (χ2n) is 4.36. The zero-order chi connectivity index (χ0) is 14.9. The molecule has 0 saturated carbocycles. The number of carbonyl (C=O) groups is 2. The molecule has 1 aliphatic heterocycles. The van der Waals surface area contributed by atoms with Crippen LogP contribution in [0.2, 0.25) is 10.0 Å². The number of aliphatic carboxylic acids is 1. The van der Waals surface area contributed by atoms with E-state index in [1.54, 1.807) is 18.2 Å². The number of hydrogen-bond acceptors (Lipinski definition) is 3. The van der Waals surface area contributed by atoms with Gasteiger partial charge in [0.1, 0.15) is 6.04 Å². The van der Waals surface area contributed by atoms with E-state index < -0.39 is 12.0 Å². The average molecular weight is 334 g/mol. The largest absolute Gasteiger partial charge is 0.480 e. The van der Waals surface area contributed by atoms with Gasteiger partial charge in [0.15, 0.2) is 0 Å². The maximum Gasteiger partial charge on any atom is 0.327 e. The molecule has 20 heavy (non-hydrogen) atoms. The van der Waals surface area contributed by atoms with Crippen LogP contribution >= 0.6 is 35.0 Å². The molecule has 1 saturated heterocycles. The molecule has 2 unspecified atom stereocenters. The highest BCUT2D eigenvalue weighted by Crippen LogP contribution is 2.35. The predicted molar refractivity (Wildman–Crippen MR) is 80.6 cm³/mol. The summed E-state index contributed by atoms with van der Waals surface area (Å²) in [6.45, 7) is 1.92. The molecular formula is C13H13Cl2NO3S. The first-order chi connectivity index (χ1) is 9.47. The first-order valence-corrected chi connectivity index (χ1v) is 7.89. The van der Waals surface area contributed by atoms with E-state index in [1.807, 2.05) is 6.92 Å². The van der Waals surface area contributed by atoms with Gasteiger partial charge in [-0.25, -0.2) is 4.79 Å². The fraction of sp³-hybridized carbons (Fsp3) is 0.385. The molecule has 1 aliphatic rings. The molecule has 2 rings (SSSR count). The van der Waals surface area contributed by atoms with Gasteiger partial charge in [0.2, 0.25) is 0 Å². The minimum atomic E-state index is -1.00. The summed E-state index contributed by atoms with van der Waals surface area (Å²) in [5.74, 6) is -1.00. The summed E-state index contributed by atoms with van der Waals surface area (Å²) < 4.78 is 0. The number of carboxylic acids is 1. The van der Waals surface area contributed by atoms with Crippen molar-refractivity contribution in [1.29, 1.82) is 0 Å². The molecule has 1 aromatic rings. The van der Waals surface area contributed by atoms with E-state index in [0.29, 0.717) is 12.2 Å². The maximum atomic E-state index is 12.6. The van der Waals surface area contributed by atoms with E-state index in [-0.39, 0.29) is 26.9 Å². The van der Waals surface area contributed by atoms with Crippen LogP contribution < -0.4 is 0 Å². The Morgan fingerprint density at radius 3 is 2.75 bits per heavy atom. The number of carbonyl (C=O) groups excluding carboxylic acids is 1. The van der Waals surface area contributed by atoms with Crippen molar-refractivity contribution in [2.75, 3.05) is 5.75 Å². The highest BCUT2D eigenvalue weighted by atomic mass is 35.5. The highest BCUT2D eigenvalue weighted by molar-refractivity contribution is 8.00. The van der Waals surface area contributed by atoms with Crippen molar-refractivity contribution < 1.29 is 14.7 Å². The van der Waals surface area contributed by atoms with Crippen molar-refractivity contribution in [3.05, 3.63) is 33.8 Å². The first kappa shape index (κ1) is 15.5. The van der Waals surface area contributed by atoms with Crippen molar-refractivity contribution >= 4 is 46.8 Å². The first-order valence-electron chi connectivity index (χ1n) is 6.08. The predicted octanol–water partition coefficient (Wildman–Crippen LogP) is 3.37. The van der Waals surface area contributed by atoms with Crippen LogP contribution in [0.3, 0.4) is 0 Å². The Morgan fingerprint density at radius 2 is 2.15 bits per heavy atom. The molecule has 1 heterocycles. The van der Waals surface area contributed by atoms with Crippen molar-refractivity contribution in [2.24, 2.45) is 0 Å². The Kier molecular flexibility index (Phi) is 4.83. The second kappa shape index (κ2) is 6.24. The molecule has 0 aromatic heterocycles. The average Bonchev–Trinajstić information content (AvgIpc) is 2.85. The van der Waals surface area contributed by atoms with Crippen LogP contribution in [0.5, 0.6) is 0 Å². The monoisotopic (exact) mass is 333 g/mol. The van der Waals surface area contributed by atoms with Gasteiger partial charge in [-0.15, -0.1) is 11.8 Å². The number of thioether (sulfide) groups is 1.